The van der Waals surface area contributed by atoms with Crippen LogP contribution in [0.3, 0.4) is 0 Å². The van der Waals surface area contributed by atoms with Crippen molar-refractivity contribution in [3.8, 4) is 11.5 Å². The van der Waals surface area contributed by atoms with Gasteiger partial charge in [-0.2, -0.15) is 0 Å². The Labute approximate surface area is 164 Å². The second kappa shape index (κ2) is 9.41. The van der Waals surface area contributed by atoms with E-state index in [1.165, 1.54) is 12.1 Å². The van der Waals surface area contributed by atoms with E-state index in [9.17, 15) is 17.6 Å². The molecule has 7 nitrogen and oxygen atoms in total. The molecule has 0 aliphatic carbocycles. The molecular formula is C19H23FN2O5S. The highest BCUT2D eigenvalue weighted by molar-refractivity contribution is 7.92. The topological polar surface area (TPSA) is 84.9 Å². The van der Waals surface area contributed by atoms with Crippen molar-refractivity contribution in [2.45, 2.75) is 13.0 Å². The first-order valence-electron chi connectivity index (χ1n) is 8.48. The lowest BCUT2D eigenvalue weighted by Crippen LogP contribution is -2.44. The summed E-state index contributed by atoms with van der Waals surface area (Å²) in [6.45, 7) is 1.52. The van der Waals surface area contributed by atoms with Gasteiger partial charge in [-0.25, -0.2) is 12.8 Å². The molecule has 1 amide bonds. The van der Waals surface area contributed by atoms with Gasteiger partial charge in [0.25, 0.3) is 0 Å². The maximum Gasteiger partial charge on any atom is 0.241 e. The maximum atomic E-state index is 13.1. The van der Waals surface area contributed by atoms with Crippen LogP contribution in [-0.4, -0.2) is 46.9 Å². The molecule has 0 bridgehead atoms. The van der Waals surface area contributed by atoms with Crippen molar-refractivity contribution in [1.29, 1.82) is 0 Å². The monoisotopic (exact) mass is 410 g/mol. The first kappa shape index (κ1) is 21.5. The zero-order valence-corrected chi connectivity index (χ0v) is 16.7. The Morgan fingerprint density at radius 3 is 2.21 bits per heavy atom. The number of anilines is 1. The third kappa shape index (κ3) is 6.41. The molecular weight excluding hydrogens is 387 g/mol. The van der Waals surface area contributed by atoms with Crippen LogP contribution in [0.25, 0.3) is 0 Å². The molecule has 2 rings (SSSR count). The molecule has 28 heavy (non-hydrogen) atoms. The van der Waals surface area contributed by atoms with Gasteiger partial charge in [-0.05, 0) is 55.5 Å². The zero-order chi connectivity index (χ0) is 20.7. The van der Waals surface area contributed by atoms with Gasteiger partial charge in [-0.15, -0.1) is 0 Å². The Bertz CT molecular complexity index is 886. The number of carbonyl (C=O) groups is 1. The van der Waals surface area contributed by atoms with Crippen LogP contribution in [-0.2, 0) is 14.8 Å². The van der Waals surface area contributed by atoms with E-state index in [-0.39, 0.29) is 18.3 Å². The van der Waals surface area contributed by atoms with Crippen molar-refractivity contribution >= 4 is 21.6 Å². The SMILES string of the molecule is COc1ccc(OCC(C)NC(=O)CN(c2ccc(F)cc2)S(C)(=O)=O)cc1. The van der Waals surface area contributed by atoms with Gasteiger partial charge in [-0.3, -0.25) is 9.10 Å². The van der Waals surface area contributed by atoms with Crippen LogP contribution in [0.2, 0.25) is 0 Å². The van der Waals surface area contributed by atoms with Crippen molar-refractivity contribution < 1.29 is 27.1 Å². The number of methoxy groups -OCH3 is 1. The highest BCUT2D eigenvalue weighted by Gasteiger charge is 2.21. The molecule has 0 fully saturated rings. The largest absolute Gasteiger partial charge is 0.497 e. The number of nitrogens with zero attached hydrogens (tertiary/aromatic N) is 1. The van der Waals surface area contributed by atoms with Crippen LogP contribution >= 0.6 is 0 Å². The predicted molar refractivity (Wildman–Crippen MR) is 105 cm³/mol. The molecule has 0 saturated heterocycles. The number of hydrogen-bond donors (Lipinski definition) is 1. The Morgan fingerprint density at radius 2 is 1.68 bits per heavy atom. The number of carbonyl (C=O) groups excluding carboxylic acids is 1. The summed E-state index contributed by atoms with van der Waals surface area (Å²) in [7, 11) is -2.15. The lowest BCUT2D eigenvalue weighted by Gasteiger charge is -2.23. The van der Waals surface area contributed by atoms with Crippen LogP contribution in [0.1, 0.15) is 6.92 Å². The number of nitrogens with one attached hydrogen (secondary N) is 1. The zero-order valence-electron chi connectivity index (χ0n) is 15.9. The van der Waals surface area contributed by atoms with Crippen molar-refractivity contribution in [2.24, 2.45) is 0 Å². The summed E-state index contributed by atoms with van der Waals surface area (Å²) in [5.41, 5.74) is 0.209. The summed E-state index contributed by atoms with van der Waals surface area (Å²) in [4.78, 5) is 12.3. The number of ether oxygens (including phenoxy) is 2. The highest BCUT2D eigenvalue weighted by Crippen LogP contribution is 2.18. The van der Waals surface area contributed by atoms with Crippen LogP contribution < -0.4 is 19.1 Å². The Balaban J connectivity index is 1.93. The van der Waals surface area contributed by atoms with E-state index >= 15 is 0 Å². The summed E-state index contributed by atoms with van der Waals surface area (Å²) in [5.74, 6) is 0.327. The molecule has 1 unspecified atom stereocenters. The van der Waals surface area contributed by atoms with Gasteiger partial charge >= 0.3 is 0 Å². The van der Waals surface area contributed by atoms with Crippen molar-refractivity contribution in [2.75, 3.05) is 30.8 Å². The minimum atomic E-state index is -3.72. The summed E-state index contributed by atoms with van der Waals surface area (Å²) < 4.78 is 48.7. The van der Waals surface area contributed by atoms with E-state index in [1.54, 1.807) is 38.3 Å². The molecule has 0 spiro atoms. The minimum absolute atomic E-state index is 0.202. The third-order valence-corrected chi connectivity index (χ3v) is 4.91. The number of rotatable bonds is 9. The molecule has 1 N–H and O–H groups in total. The Morgan fingerprint density at radius 1 is 1.11 bits per heavy atom. The quantitative estimate of drug-likeness (QED) is 0.685. The van der Waals surface area contributed by atoms with E-state index in [1.807, 2.05) is 0 Å². The fourth-order valence-electron chi connectivity index (χ4n) is 2.39. The summed E-state index contributed by atoms with van der Waals surface area (Å²) >= 11 is 0. The fraction of sp³-hybridized carbons (Fsp3) is 0.316. The lowest BCUT2D eigenvalue weighted by molar-refractivity contribution is -0.120. The number of sulfonamides is 1. The van der Waals surface area contributed by atoms with Gasteiger partial charge in [-0.1, -0.05) is 0 Å². The van der Waals surface area contributed by atoms with E-state index in [0.29, 0.717) is 11.5 Å². The van der Waals surface area contributed by atoms with Gasteiger partial charge in [0.2, 0.25) is 15.9 Å². The van der Waals surface area contributed by atoms with Gasteiger partial charge in [0.05, 0.1) is 25.1 Å². The summed E-state index contributed by atoms with van der Waals surface area (Å²) in [5, 5.41) is 2.69. The van der Waals surface area contributed by atoms with Crippen molar-refractivity contribution in [3.05, 3.63) is 54.3 Å². The molecule has 0 saturated carbocycles. The molecule has 0 radical (unpaired) electrons. The molecule has 0 aromatic heterocycles. The smallest absolute Gasteiger partial charge is 0.241 e. The fourth-order valence-corrected chi connectivity index (χ4v) is 3.25. The molecule has 9 heteroatoms. The molecule has 152 valence electrons. The number of halogens is 1. The standard InChI is InChI=1S/C19H23FN2O5S/c1-14(13-27-18-10-8-17(26-2)9-11-18)21-19(23)12-22(28(3,24)25)16-6-4-15(20)5-7-16/h4-11,14H,12-13H2,1-3H3,(H,21,23). The van der Waals surface area contributed by atoms with Crippen molar-refractivity contribution in [1.82, 2.24) is 5.32 Å². The first-order chi connectivity index (χ1) is 13.2. The molecule has 2 aromatic rings. The second-order valence-electron chi connectivity index (χ2n) is 6.20. The minimum Gasteiger partial charge on any atom is -0.497 e. The van der Waals surface area contributed by atoms with Gasteiger partial charge in [0.1, 0.15) is 30.5 Å². The highest BCUT2D eigenvalue weighted by atomic mass is 32.2. The van der Waals surface area contributed by atoms with Gasteiger partial charge in [0, 0.05) is 0 Å². The average molecular weight is 410 g/mol. The normalized spacial score (nSPS) is 12.1. The molecule has 0 aliphatic heterocycles. The van der Waals surface area contributed by atoms with Crippen LogP contribution in [0, 0.1) is 5.82 Å². The Kier molecular flexibility index (Phi) is 7.22. The van der Waals surface area contributed by atoms with Crippen LogP contribution in [0.4, 0.5) is 10.1 Å². The molecule has 0 aliphatic rings. The third-order valence-electron chi connectivity index (χ3n) is 3.77. The predicted octanol–water partition coefficient (Wildman–Crippen LogP) is 2.18. The Hall–Kier alpha value is -2.81. The van der Waals surface area contributed by atoms with Crippen LogP contribution in [0.5, 0.6) is 11.5 Å². The van der Waals surface area contributed by atoms with Crippen molar-refractivity contribution in [3.63, 3.8) is 0 Å². The number of benzene rings is 2. The number of hydrogen-bond acceptors (Lipinski definition) is 5. The molecule has 1 atom stereocenters. The van der Waals surface area contributed by atoms with E-state index in [4.69, 9.17) is 9.47 Å². The van der Waals surface area contributed by atoms with E-state index in [0.717, 1.165) is 22.7 Å². The molecule has 0 heterocycles. The van der Waals surface area contributed by atoms with E-state index < -0.39 is 28.3 Å². The summed E-state index contributed by atoms with van der Waals surface area (Å²) in [6.07, 6.45) is 0.986. The van der Waals surface area contributed by atoms with Gasteiger partial charge < -0.3 is 14.8 Å². The average Bonchev–Trinajstić information content (AvgIpc) is 2.65. The van der Waals surface area contributed by atoms with Gasteiger partial charge in [0.15, 0.2) is 0 Å². The number of amides is 1. The molecule has 2 aromatic carbocycles. The lowest BCUT2D eigenvalue weighted by atomic mass is 10.3. The maximum absolute atomic E-state index is 13.1. The summed E-state index contributed by atoms with van der Waals surface area (Å²) in [6, 6.07) is 11.5. The first-order valence-corrected chi connectivity index (χ1v) is 10.3. The van der Waals surface area contributed by atoms with E-state index in [2.05, 4.69) is 5.32 Å². The van der Waals surface area contributed by atoms with Crippen LogP contribution in [0.15, 0.2) is 48.5 Å². The second-order valence-corrected chi connectivity index (χ2v) is 8.11.